The van der Waals surface area contributed by atoms with E-state index >= 15 is 0 Å². The molecule has 0 amide bonds. The van der Waals surface area contributed by atoms with Gasteiger partial charge in [-0.05, 0) is 118 Å². The number of nitrogens with zero attached hydrogens (tertiary/aromatic N) is 2. The van der Waals surface area contributed by atoms with Crippen LogP contribution in [0.5, 0.6) is 0 Å². The summed E-state index contributed by atoms with van der Waals surface area (Å²) in [6, 6.07) is 35.1. The second kappa shape index (κ2) is 11.1. The third-order valence-electron chi connectivity index (χ3n) is 9.63. The van der Waals surface area contributed by atoms with E-state index in [1.54, 1.807) is 0 Å². The summed E-state index contributed by atoms with van der Waals surface area (Å²) < 4.78 is 0. The van der Waals surface area contributed by atoms with Gasteiger partial charge in [0.15, 0.2) is 0 Å². The summed E-state index contributed by atoms with van der Waals surface area (Å²) in [6.07, 6.45) is 7.82. The van der Waals surface area contributed by atoms with Gasteiger partial charge in [-0.15, -0.1) is 0 Å². The lowest BCUT2D eigenvalue weighted by Gasteiger charge is -2.30. The molecule has 7 rings (SSSR count). The molecule has 42 heavy (non-hydrogen) atoms. The largest absolute Gasteiger partial charge is 0.372 e. The van der Waals surface area contributed by atoms with Crippen molar-refractivity contribution >= 4 is 32.9 Å². The number of piperidine rings is 2. The molecule has 0 aromatic heterocycles. The first-order valence-electron chi connectivity index (χ1n) is 16.2. The van der Waals surface area contributed by atoms with Crippen LogP contribution in [0.25, 0.3) is 43.8 Å². The molecule has 2 saturated heterocycles. The predicted molar refractivity (Wildman–Crippen MR) is 183 cm³/mol. The van der Waals surface area contributed by atoms with Crippen LogP contribution in [0.15, 0.2) is 91.0 Å². The molecule has 0 spiro atoms. The summed E-state index contributed by atoms with van der Waals surface area (Å²) in [5, 5.41) is 5.41. The number of benzene rings is 5. The molecular weight excluding hydrogens is 508 g/mol. The van der Waals surface area contributed by atoms with Gasteiger partial charge in [0.25, 0.3) is 0 Å². The lowest BCUT2D eigenvalue weighted by Crippen LogP contribution is -2.29. The summed E-state index contributed by atoms with van der Waals surface area (Å²) >= 11 is 0. The molecule has 0 radical (unpaired) electrons. The monoisotopic (exact) mass is 552 g/mol. The summed E-state index contributed by atoms with van der Waals surface area (Å²) in [4.78, 5) is 5.19. The van der Waals surface area contributed by atoms with E-state index in [2.05, 4.69) is 122 Å². The van der Waals surface area contributed by atoms with E-state index in [1.165, 1.54) is 99.3 Å². The van der Waals surface area contributed by atoms with Gasteiger partial charge in [-0.3, -0.25) is 0 Å². The van der Waals surface area contributed by atoms with E-state index in [9.17, 15) is 0 Å². The van der Waals surface area contributed by atoms with Crippen LogP contribution in [0.3, 0.4) is 0 Å². The minimum atomic E-state index is 0.130. The zero-order valence-electron chi connectivity index (χ0n) is 25.6. The van der Waals surface area contributed by atoms with Crippen molar-refractivity contribution in [2.24, 2.45) is 0 Å². The average Bonchev–Trinajstić information content (AvgIpc) is 3.04. The normalized spacial score (nSPS) is 16.4. The first kappa shape index (κ1) is 27.1. The van der Waals surface area contributed by atoms with Crippen LogP contribution in [0.2, 0.25) is 0 Å². The van der Waals surface area contributed by atoms with Gasteiger partial charge < -0.3 is 9.80 Å². The fourth-order valence-electron chi connectivity index (χ4n) is 7.27. The standard InChI is InChI=1S/C40H44N2/c1-40(2,3)31-17-15-30(16-18-31)39-35-22-20-32(41-23-9-5-10-24-41)27-36(35)38(29-13-7-4-8-14-29)34-21-19-33(28-37(34)39)42-25-11-6-12-26-42/h4,7-8,13-22,27-28H,5-6,9-12,23-26H2,1-3H3. The Morgan fingerprint density at radius 3 is 1.36 bits per heavy atom. The van der Waals surface area contributed by atoms with E-state index in [4.69, 9.17) is 0 Å². The van der Waals surface area contributed by atoms with E-state index in [0.29, 0.717) is 0 Å². The highest BCUT2D eigenvalue weighted by molar-refractivity contribution is 6.22. The van der Waals surface area contributed by atoms with Crippen molar-refractivity contribution in [2.45, 2.75) is 64.7 Å². The molecule has 0 saturated carbocycles. The second-order valence-corrected chi connectivity index (χ2v) is 13.5. The number of anilines is 2. The molecule has 2 nitrogen and oxygen atoms in total. The second-order valence-electron chi connectivity index (χ2n) is 13.5. The molecule has 5 aromatic rings. The maximum atomic E-state index is 2.60. The summed E-state index contributed by atoms with van der Waals surface area (Å²) in [6.45, 7) is 11.5. The number of hydrogen-bond donors (Lipinski definition) is 0. The molecule has 0 unspecified atom stereocenters. The fourth-order valence-corrected chi connectivity index (χ4v) is 7.27. The highest BCUT2D eigenvalue weighted by Crippen LogP contribution is 2.46. The maximum Gasteiger partial charge on any atom is 0.0372 e. The number of hydrogen-bond acceptors (Lipinski definition) is 2. The molecule has 2 aliphatic heterocycles. The highest BCUT2D eigenvalue weighted by atomic mass is 15.1. The van der Waals surface area contributed by atoms with Gasteiger partial charge in [-0.25, -0.2) is 0 Å². The Morgan fingerprint density at radius 1 is 0.452 bits per heavy atom. The molecule has 2 heteroatoms. The quantitative estimate of drug-likeness (QED) is 0.205. The third-order valence-corrected chi connectivity index (χ3v) is 9.63. The van der Waals surface area contributed by atoms with Crippen LogP contribution in [0.4, 0.5) is 11.4 Å². The summed E-state index contributed by atoms with van der Waals surface area (Å²) in [5.41, 5.74) is 9.55. The molecule has 214 valence electrons. The van der Waals surface area contributed by atoms with Crippen molar-refractivity contribution < 1.29 is 0 Å². The topological polar surface area (TPSA) is 6.48 Å². The maximum absolute atomic E-state index is 2.60. The van der Waals surface area contributed by atoms with Crippen molar-refractivity contribution in [2.75, 3.05) is 36.0 Å². The molecule has 2 aliphatic rings. The zero-order valence-corrected chi connectivity index (χ0v) is 25.6. The molecular formula is C40H44N2. The van der Waals surface area contributed by atoms with Gasteiger partial charge in [-0.2, -0.15) is 0 Å². The number of rotatable bonds is 4. The van der Waals surface area contributed by atoms with Crippen LogP contribution in [-0.4, -0.2) is 26.2 Å². The van der Waals surface area contributed by atoms with Crippen LogP contribution >= 0.6 is 0 Å². The van der Waals surface area contributed by atoms with Gasteiger partial charge in [0.1, 0.15) is 0 Å². The van der Waals surface area contributed by atoms with Crippen molar-refractivity contribution in [1.29, 1.82) is 0 Å². The lowest BCUT2D eigenvalue weighted by molar-refractivity contribution is 0.578. The predicted octanol–water partition coefficient (Wildman–Crippen LogP) is 10.6. The Kier molecular flexibility index (Phi) is 7.18. The number of fused-ring (bicyclic) bond motifs is 2. The van der Waals surface area contributed by atoms with E-state index in [1.807, 2.05) is 0 Å². The molecule has 0 bridgehead atoms. The SMILES string of the molecule is CC(C)(C)c1ccc(-c2c3ccc(N4CCCCC4)cc3c(-c3ccccc3)c3ccc(N4CCCCC4)cc23)cc1. The van der Waals surface area contributed by atoms with Crippen LogP contribution in [0.1, 0.15) is 64.9 Å². The first-order valence-corrected chi connectivity index (χ1v) is 16.2. The van der Waals surface area contributed by atoms with Crippen LogP contribution < -0.4 is 9.80 Å². The van der Waals surface area contributed by atoms with Crippen molar-refractivity contribution in [3.63, 3.8) is 0 Å². The summed E-state index contributed by atoms with van der Waals surface area (Å²) in [5.74, 6) is 0. The van der Waals surface area contributed by atoms with Gasteiger partial charge in [0.2, 0.25) is 0 Å². The van der Waals surface area contributed by atoms with Gasteiger partial charge in [0.05, 0.1) is 0 Å². The smallest absolute Gasteiger partial charge is 0.0372 e. The Balaban J connectivity index is 1.54. The minimum Gasteiger partial charge on any atom is -0.372 e. The average molecular weight is 553 g/mol. The van der Waals surface area contributed by atoms with Crippen LogP contribution in [0, 0.1) is 0 Å². The van der Waals surface area contributed by atoms with Gasteiger partial charge in [-0.1, -0.05) is 87.5 Å². The third kappa shape index (κ3) is 5.06. The van der Waals surface area contributed by atoms with Gasteiger partial charge in [0, 0.05) is 37.6 Å². The first-order chi connectivity index (χ1) is 20.5. The highest BCUT2D eigenvalue weighted by Gasteiger charge is 2.21. The van der Waals surface area contributed by atoms with E-state index < -0.39 is 0 Å². The molecule has 5 aromatic carbocycles. The lowest BCUT2D eigenvalue weighted by atomic mass is 9.83. The Bertz CT molecular complexity index is 1700. The van der Waals surface area contributed by atoms with Crippen LogP contribution in [-0.2, 0) is 5.41 Å². The van der Waals surface area contributed by atoms with Crippen molar-refractivity contribution in [1.82, 2.24) is 0 Å². The fraction of sp³-hybridized carbons (Fsp3) is 0.350. The zero-order chi connectivity index (χ0) is 28.7. The minimum absolute atomic E-state index is 0.130. The Hall–Kier alpha value is -3.78. The Morgan fingerprint density at radius 2 is 0.905 bits per heavy atom. The Labute approximate surface area is 252 Å². The molecule has 0 N–H and O–H groups in total. The van der Waals surface area contributed by atoms with E-state index in [0.717, 1.165) is 26.2 Å². The van der Waals surface area contributed by atoms with Crippen molar-refractivity contribution in [3.8, 4) is 22.3 Å². The molecule has 2 fully saturated rings. The molecule has 2 heterocycles. The van der Waals surface area contributed by atoms with Crippen molar-refractivity contribution in [3.05, 3.63) is 96.6 Å². The molecule has 0 aliphatic carbocycles. The van der Waals surface area contributed by atoms with E-state index in [-0.39, 0.29) is 5.41 Å². The summed E-state index contributed by atoms with van der Waals surface area (Å²) in [7, 11) is 0. The molecule has 0 atom stereocenters. The van der Waals surface area contributed by atoms with Gasteiger partial charge >= 0.3 is 0 Å².